The van der Waals surface area contributed by atoms with Crippen LogP contribution in [0.15, 0.2) is 30.3 Å². The zero-order valence-electron chi connectivity index (χ0n) is 7.66. The summed E-state index contributed by atoms with van der Waals surface area (Å²) in [6, 6.07) is 8.07. The molecule has 1 unspecified atom stereocenters. The van der Waals surface area contributed by atoms with Crippen molar-refractivity contribution >= 4 is 12.4 Å². The summed E-state index contributed by atoms with van der Waals surface area (Å²) in [7, 11) is 0. The topological polar surface area (TPSA) is 17.1 Å². The molecule has 0 heterocycles. The van der Waals surface area contributed by atoms with Crippen LogP contribution in [0, 0.1) is 0 Å². The molecule has 1 nitrogen and oxygen atoms in total. The maximum Gasteiger partial charge on any atom is 0.130 e. The van der Waals surface area contributed by atoms with Crippen molar-refractivity contribution in [3.8, 4) is 0 Å². The van der Waals surface area contributed by atoms with E-state index in [1.54, 1.807) is 0 Å². The van der Waals surface area contributed by atoms with Crippen molar-refractivity contribution in [2.75, 3.05) is 0 Å². The Hall–Kier alpha value is -1.37. The molecule has 66 valence electrons. The van der Waals surface area contributed by atoms with Gasteiger partial charge in [0.25, 0.3) is 0 Å². The van der Waals surface area contributed by atoms with Crippen LogP contribution in [0.3, 0.4) is 0 Å². The van der Waals surface area contributed by atoms with Crippen LogP contribution in [0.25, 0.3) is 6.08 Å². The van der Waals surface area contributed by atoms with Gasteiger partial charge in [-0.25, -0.2) is 0 Å². The third-order valence-electron chi connectivity index (χ3n) is 2.68. The minimum Gasteiger partial charge on any atom is -0.302 e. The van der Waals surface area contributed by atoms with Gasteiger partial charge in [0.05, 0.1) is 5.41 Å². The van der Waals surface area contributed by atoms with E-state index in [2.05, 4.69) is 12.2 Å². The van der Waals surface area contributed by atoms with Gasteiger partial charge in [0.15, 0.2) is 0 Å². The highest BCUT2D eigenvalue weighted by atomic mass is 16.1. The van der Waals surface area contributed by atoms with Crippen LogP contribution in [0.2, 0.25) is 0 Å². The Bertz CT molecular complexity index is 365. The number of hydrogen-bond acceptors (Lipinski definition) is 1. The fourth-order valence-electron chi connectivity index (χ4n) is 1.81. The lowest BCUT2D eigenvalue weighted by Gasteiger charge is -2.27. The minimum absolute atomic E-state index is 0.314. The molecule has 0 spiro atoms. The first-order valence-electron chi connectivity index (χ1n) is 4.49. The Balaban J connectivity index is 2.61. The number of carbonyl (C=O) groups excluding carboxylic acids is 1. The van der Waals surface area contributed by atoms with Crippen molar-refractivity contribution in [2.45, 2.75) is 18.8 Å². The first kappa shape index (κ1) is 8.24. The van der Waals surface area contributed by atoms with E-state index in [0.717, 1.165) is 18.3 Å². The first-order chi connectivity index (χ1) is 6.26. The van der Waals surface area contributed by atoms with Crippen molar-refractivity contribution < 1.29 is 4.79 Å². The molecular formula is C12H12O. The highest BCUT2D eigenvalue weighted by Crippen LogP contribution is 2.33. The summed E-state index contributed by atoms with van der Waals surface area (Å²) < 4.78 is 0. The fraction of sp³-hybridized carbons (Fsp3) is 0.250. The zero-order chi connectivity index (χ0) is 9.31. The molecule has 0 saturated carbocycles. The molecule has 0 N–H and O–H groups in total. The van der Waals surface area contributed by atoms with Gasteiger partial charge in [-0.1, -0.05) is 36.4 Å². The van der Waals surface area contributed by atoms with Crippen molar-refractivity contribution in [2.24, 2.45) is 0 Å². The summed E-state index contributed by atoms with van der Waals surface area (Å²) in [6.07, 6.45) is 6.01. The van der Waals surface area contributed by atoms with Gasteiger partial charge in [-0.15, -0.1) is 0 Å². The smallest absolute Gasteiger partial charge is 0.130 e. The van der Waals surface area contributed by atoms with E-state index >= 15 is 0 Å². The molecule has 1 heteroatoms. The van der Waals surface area contributed by atoms with Crippen LogP contribution in [0.5, 0.6) is 0 Å². The van der Waals surface area contributed by atoms with Gasteiger partial charge < -0.3 is 4.79 Å². The summed E-state index contributed by atoms with van der Waals surface area (Å²) >= 11 is 0. The normalized spacial score (nSPS) is 25.3. The van der Waals surface area contributed by atoms with Gasteiger partial charge in [-0.3, -0.25) is 0 Å². The van der Waals surface area contributed by atoms with Crippen LogP contribution in [-0.4, -0.2) is 6.29 Å². The molecular weight excluding hydrogens is 160 g/mol. The van der Waals surface area contributed by atoms with E-state index in [9.17, 15) is 4.79 Å². The van der Waals surface area contributed by atoms with E-state index in [-0.39, 0.29) is 5.41 Å². The van der Waals surface area contributed by atoms with Crippen LogP contribution >= 0.6 is 0 Å². The van der Waals surface area contributed by atoms with Crippen LogP contribution in [-0.2, 0) is 10.2 Å². The molecule has 2 rings (SSSR count). The third-order valence-corrected chi connectivity index (χ3v) is 2.68. The van der Waals surface area contributed by atoms with Gasteiger partial charge in [-0.2, -0.15) is 0 Å². The van der Waals surface area contributed by atoms with Gasteiger partial charge in [0.2, 0.25) is 0 Å². The van der Waals surface area contributed by atoms with Gasteiger partial charge in [0, 0.05) is 0 Å². The van der Waals surface area contributed by atoms with Crippen LogP contribution in [0.1, 0.15) is 24.5 Å². The monoisotopic (exact) mass is 172 g/mol. The number of aldehydes is 1. The molecule has 0 radical (unpaired) electrons. The van der Waals surface area contributed by atoms with Gasteiger partial charge >= 0.3 is 0 Å². The van der Waals surface area contributed by atoms with E-state index in [0.29, 0.717) is 0 Å². The lowest BCUT2D eigenvalue weighted by atomic mass is 9.75. The molecule has 1 atom stereocenters. The number of benzene rings is 1. The fourth-order valence-corrected chi connectivity index (χ4v) is 1.81. The third kappa shape index (κ3) is 1.21. The average Bonchev–Trinajstić information content (AvgIpc) is 2.19. The van der Waals surface area contributed by atoms with Gasteiger partial charge in [0.1, 0.15) is 6.29 Å². The van der Waals surface area contributed by atoms with Crippen molar-refractivity contribution in [1.29, 1.82) is 0 Å². The Morgan fingerprint density at radius 3 is 2.92 bits per heavy atom. The lowest BCUT2D eigenvalue weighted by molar-refractivity contribution is -0.112. The Morgan fingerprint density at radius 1 is 1.38 bits per heavy atom. The summed E-state index contributed by atoms with van der Waals surface area (Å²) in [4.78, 5) is 11.0. The molecule has 0 saturated heterocycles. The second kappa shape index (κ2) is 2.84. The van der Waals surface area contributed by atoms with E-state index < -0.39 is 0 Å². The highest BCUT2D eigenvalue weighted by molar-refractivity contribution is 5.75. The SMILES string of the molecule is CC1(C=O)CC=Cc2ccccc21. The number of rotatable bonds is 1. The number of hydrogen-bond donors (Lipinski definition) is 0. The Morgan fingerprint density at radius 2 is 2.15 bits per heavy atom. The van der Waals surface area contributed by atoms with Crippen molar-refractivity contribution in [3.05, 3.63) is 41.5 Å². The second-order valence-electron chi connectivity index (χ2n) is 3.73. The van der Waals surface area contributed by atoms with E-state index in [1.807, 2.05) is 31.2 Å². The van der Waals surface area contributed by atoms with Crippen LogP contribution < -0.4 is 0 Å². The average molecular weight is 172 g/mol. The predicted octanol–water partition coefficient (Wildman–Crippen LogP) is 2.56. The molecule has 1 aromatic rings. The predicted molar refractivity (Wildman–Crippen MR) is 53.5 cm³/mol. The molecule has 1 aliphatic carbocycles. The summed E-state index contributed by atoms with van der Waals surface area (Å²) in [5.74, 6) is 0. The van der Waals surface area contributed by atoms with E-state index in [4.69, 9.17) is 0 Å². The largest absolute Gasteiger partial charge is 0.302 e. The first-order valence-corrected chi connectivity index (χ1v) is 4.49. The highest BCUT2D eigenvalue weighted by Gasteiger charge is 2.28. The summed E-state index contributed by atoms with van der Waals surface area (Å²) in [5, 5.41) is 0. The van der Waals surface area contributed by atoms with Crippen molar-refractivity contribution in [1.82, 2.24) is 0 Å². The van der Waals surface area contributed by atoms with E-state index in [1.165, 1.54) is 5.56 Å². The molecule has 1 aliphatic rings. The van der Waals surface area contributed by atoms with Gasteiger partial charge in [-0.05, 0) is 24.5 Å². The molecule has 0 amide bonds. The zero-order valence-corrected chi connectivity index (χ0v) is 7.66. The number of carbonyl (C=O) groups is 1. The molecule has 0 bridgehead atoms. The molecule has 0 fully saturated rings. The summed E-state index contributed by atoms with van der Waals surface area (Å²) in [5.41, 5.74) is 2.00. The standard InChI is InChI=1S/C12H12O/c1-12(9-13)8-4-6-10-5-2-3-7-11(10)12/h2-7,9H,8H2,1H3. The molecule has 13 heavy (non-hydrogen) atoms. The summed E-state index contributed by atoms with van der Waals surface area (Å²) in [6.45, 7) is 1.99. The molecule has 0 aromatic heterocycles. The molecule has 1 aromatic carbocycles. The Kier molecular flexibility index (Phi) is 1.80. The van der Waals surface area contributed by atoms with Crippen molar-refractivity contribution in [3.63, 3.8) is 0 Å². The minimum atomic E-state index is -0.314. The quantitative estimate of drug-likeness (QED) is 0.595. The molecule has 0 aliphatic heterocycles. The maximum atomic E-state index is 11.0. The number of allylic oxidation sites excluding steroid dienone is 1. The lowest BCUT2D eigenvalue weighted by Crippen LogP contribution is -2.25. The Labute approximate surface area is 78.1 Å². The second-order valence-corrected chi connectivity index (χ2v) is 3.73. The van der Waals surface area contributed by atoms with Crippen LogP contribution in [0.4, 0.5) is 0 Å². The maximum absolute atomic E-state index is 11.0. The number of fused-ring (bicyclic) bond motifs is 1.